The Morgan fingerprint density at radius 3 is 2.53 bits per heavy atom. The summed E-state index contributed by atoms with van der Waals surface area (Å²) in [6, 6.07) is 0. The lowest BCUT2D eigenvalue weighted by Crippen LogP contribution is -2.23. The monoisotopic (exact) mass is 210 g/mol. The average molecular weight is 210 g/mol. The second-order valence-corrected chi connectivity index (χ2v) is 5.61. The van der Waals surface area contributed by atoms with Crippen LogP contribution < -0.4 is 0 Å². The fourth-order valence-electron chi connectivity index (χ4n) is 2.35. The van der Waals surface area contributed by atoms with Crippen LogP contribution in [0.3, 0.4) is 0 Å². The lowest BCUT2D eigenvalue weighted by molar-refractivity contribution is 0.0861. The van der Waals surface area contributed by atoms with Crippen LogP contribution in [0.4, 0.5) is 0 Å². The molecule has 15 heavy (non-hydrogen) atoms. The molecule has 1 rings (SSSR count). The van der Waals surface area contributed by atoms with Gasteiger partial charge in [0.1, 0.15) is 0 Å². The molecule has 0 bridgehead atoms. The molecule has 0 aromatic heterocycles. The van der Waals surface area contributed by atoms with Crippen molar-refractivity contribution in [3.05, 3.63) is 11.6 Å². The molecular formula is C14H26O. The molecule has 1 heteroatoms. The predicted molar refractivity (Wildman–Crippen MR) is 65.7 cm³/mol. The quantitative estimate of drug-likeness (QED) is 0.700. The number of aliphatic hydroxyl groups is 1. The second-order valence-electron chi connectivity index (χ2n) is 5.61. The van der Waals surface area contributed by atoms with Crippen molar-refractivity contribution in [3.8, 4) is 0 Å². The van der Waals surface area contributed by atoms with E-state index in [9.17, 15) is 5.11 Å². The Bertz CT molecular complexity index is 217. The van der Waals surface area contributed by atoms with Gasteiger partial charge in [0, 0.05) is 0 Å². The van der Waals surface area contributed by atoms with Gasteiger partial charge >= 0.3 is 0 Å². The first kappa shape index (κ1) is 12.8. The van der Waals surface area contributed by atoms with Gasteiger partial charge in [0.25, 0.3) is 0 Å². The summed E-state index contributed by atoms with van der Waals surface area (Å²) in [6.07, 6.45) is 7.02. The Morgan fingerprint density at radius 1 is 1.40 bits per heavy atom. The minimum atomic E-state index is -0.119. The summed E-state index contributed by atoms with van der Waals surface area (Å²) >= 11 is 0. The van der Waals surface area contributed by atoms with Crippen LogP contribution in [0, 0.1) is 17.8 Å². The third-order valence-corrected chi connectivity index (χ3v) is 3.87. The minimum Gasteiger partial charge on any atom is -0.393 e. The van der Waals surface area contributed by atoms with Crippen molar-refractivity contribution in [2.75, 3.05) is 0 Å². The van der Waals surface area contributed by atoms with Gasteiger partial charge in [-0.15, -0.1) is 0 Å². The summed E-state index contributed by atoms with van der Waals surface area (Å²) in [6.45, 7) is 8.72. The van der Waals surface area contributed by atoms with Gasteiger partial charge in [-0.3, -0.25) is 0 Å². The third kappa shape index (κ3) is 3.98. The van der Waals surface area contributed by atoms with Gasteiger partial charge in [-0.05, 0) is 50.4 Å². The zero-order valence-electron chi connectivity index (χ0n) is 10.7. The van der Waals surface area contributed by atoms with Crippen LogP contribution in [0.1, 0.15) is 53.4 Å². The van der Waals surface area contributed by atoms with Crippen molar-refractivity contribution in [2.24, 2.45) is 17.8 Å². The van der Waals surface area contributed by atoms with E-state index in [1.54, 1.807) is 5.57 Å². The minimum absolute atomic E-state index is 0.119. The highest BCUT2D eigenvalue weighted by Gasteiger charge is 2.22. The van der Waals surface area contributed by atoms with Crippen molar-refractivity contribution < 1.29 is 5.11 Å². The molecule has 0 aromatic carbocycles. The zero-order chi connectivity index (χ0) is 11.4. The number of allylic oxidation sites excluding steroid dienone is 2. The number of hydrogen-bond donors (Lipinski definition) is 1. The second kappa shape index (κ2) is 5.69. The summed E-state index contributed by atoms with van der Waals surface area (Å²) in [5.41, 5.74) is 1.54. The number of rotatable bonds is 4. The highest BCUT2D eigenvalue weighted by Crippen LogP contribution is 2.32. The van der Waals surface area contributed by atoms with Crippen LogP contribution in [0.15, 0.2) is 11.6 Å². The maximum atomic E-state index is 9.86. The Morgan fingerprint density at radius 2 is 2.07 bits per heavy atom. The van der Waals surface area contributed by atoms with Gasteiger partial charge in [0.05, 0.1) is 6.10 Å². The van der Waals surface area contributed by atoms with Gasteiger partial charge in [0.15, 0.2) is 0 Å². The third-order valence-electron chi connectivity index (χ3n) is 3.87. The fourth-order valence-corrected chi connectivity index (χ4v) is 2.35. The highest BCUT2D eigenvalue weighted by molar-refractivity contribution is 5.03. The molecule has 0 aliphatic heterocycles. The number of aliphatic hydroxyl groups excluding tert-OH is 1. The molecule has 0 amide bonds. The molecule has 3 atom stereocenters. The van der Waals surface area contributed by atoms with Crippen molar-refractivity contribution >= 4 is 0 Å². The van der Waals surface area contributed by atoms with Crippen LogP contribution in [0.25, 0.3) is 0 Å². The number of hydrogen-bond acceptors (Lipinski definition) is 1. The van der Waals surface area contributed by atoms with Crippen LogP contribution in [0.5, 0.6) is 0 Å². The first-order chi connectivity index (χ1) is 7.00. The van der Waals surface area contributed by atoms with Crippen LogP contribution in [-0.2, 0) is 0 Å². The van der Waals surface area contributed by atoms with Gasteiger partial charge in [-0.2, -0.15) is 0 Å². The van der Waals surface area contributed by atoms with Crippen LogP contribution in [0.2, 0.25) is 0 Å². The Balaban J connectivity index is 2.38. The first-order valence-electron chi connectivity index (χ1n) is 6.34. The lowest BCUT2D eigenvalue weighted by atomic mass is 9.78. The Hall–Kier alpha value is -0.300. The van der Waals surface area contributed by atoms with E-state index < -0.39 is 0 Å². The van der Waals surface area contributed by atoms with E-state index >= 15 is 0 Å². The maximum Gasteiger partial charge on any atom is 0.0565 e. The molecular weight excluding hydrogens is 184 g/mol. The van der Waals surface area contributed by atoms with E-state index in [0.29, 0.717) is 11.8 Å². The molecule has 1 aliphatic rings. The highest BCUT2D eigenvalue weighted by atomic mass is 16.3. The van der Waals surface area contributed by atoms with Gasteiger partial charge in [-0.25, -0.2) is 0 Å². The fraction of sp³-hybridized carbons (Fsp3) is 0.857. The largest absolute Gasteiger partial charge is 0.393 e. The molecule has 1 nitrogen and oxygen atoms in total. The molecule has 3 unspecified atom stereocenters. The topological polar surface area (TPSA) is 20.2 Å². The average Bonchev–Trinajstić information content (AvgIpc) is 2.18. The van der Waals surface area contributed by atoms with Gasteiger partial charge in [0.2, 0.25) is 0 Å². The molecule has 0 saturated carbocycles. The summed E-state index contributed by atoms with van der Waals surface area (Å²) in [7, 11) is 0. The standard InChI is InChI=1S/C14H26O/c1-10(2)14(15)9-12(4)13-7-5-11(3)6-8-13/h5,10,12-15H,6-9H2,1-4H3. The lowest BCUT2D eigenvalue weighted by Gasteiger charge is -2.29. The summed E-state index contributed by atoms with van der Waals surface area (Å²) in [5, 5.41) is 9.86. The molecule has 0 heterocycles. The summed E-state index contributed by atoms with van der Waals surface area (Å²) in [5.74, 6) is 1.85. The van der Waals surface area contributed by atoms with E-state index in [4.69, 9.17) is 0 Å². The molecule has 88 valence electrons. The normalized spacial score (nSPS) is 26.3. The maximum absolute atomic E-state index is 9.86. The Kier molecular flexibility index (Phi) is 4.85. The Labute approximate surface area is 94.6 Å². The van der Waals surface area contributed by atoms with Gasteiger partial charge < -0.3 is 5.11 Å². The molecule has 0 aromatic rings. The molecule has 0 spiro atoms. The van der Waals surface area contributed by atoms with Crippen molar-refractivity contribution in [2.45, 2.75) is 59.5 Å². The van der Waals surface area contributed by atoms with E-state index in [-0.39, 0.29) is 6.10 Å². The predicted octanol–water partition coefficient (Wildman–Crippen LogP) is 3.78. The van der Waals surface area contributed by atoms with E-state index in [1.807, 2.05) is 0 Å². The summed E-state index contributed by atoms with van der Waals surface area (Å²) < 4.78 is 0. The molecule has 1 N–H and O–H groups in total. The molecule has 0 radical (unpaired) electrons. The zero-order valence-corrected chi connectivity index (χ0v) is 10.7. The van der Waals surface area contributed by atoms with E-state index in [1.165, 1.54) is 19.3 Å². The van der Waals surface area contributed by atoms with E-state index in [2.05, 4.69) is 33.8 Å². The molecule has 0 fully saturated rings. The SMILES string of the molecule is CC1=CCC(C(C)CC(O)C(C)C)CC1. The van der Waals surface area contributed by atoms with Gasteiger partial charge in [-0.1, -0.05) is 32.4 Å². The van der Waals surface area contributed by atoms with E-state index in [0.717, 1.165) is 12.3 Å². The smallest absolute Gasteiger partial charge is 0.0565 e. The van der Waals surface area contributed by atoms with Crippen LogP contribution in [-0.4, -0.2) is 11.2 Å². The summed E-state index contributed by atoms with van der Waals surface area (Å²) in [4.78, 5) is 0. The van der Waals surface area contributed by atoms with Crippen LogP contribution >= 0.6 is 0 Å². The van der Waals surface area contributed by atoms with Crippen molar-refractivity contribution in [1.82, 2.24) is 0 Å². The van der Waals surface area contributed by atoms with Crippen molar-refractivity contribution in [3.63, 3.8) is 0 Å². The van der Waals surface area contributed by atoms with Crippen molar-refractivity contribution in [1.29, 1.82) is 0 Å². The molecule has 1 aliphatic carbocycles. The first-order valence-corrected chi connectivity index (χ1v) is 6.34. The molecule has 0 saturated heterocycles.